The minimum Gasteiger partial charge on any atom is -0.219 e. The summed E-state index contributed by atoms with van der Waals surface area (Å²) < 4.78 is 24.5. The van der Waals surface area contributed by atoms with Crippen LogP contribution in [0.3, 0.4) is 0 Å². The third-order valence-electron chi connectivity index (χ3n) is 8.49. The Morgan fingerprint density at radius 1 is 0.367 bits per heavy atom. The second kappa shape index (κ2) is 16.8. The second-order valence-corrected chi connectivity index (χ2v) is 16.3. The fraction of sp³-hybridized carbons (Fsp3) is 0.200. The van der Waals surface area contributed by atoms with Gasteiger partial charge in [0.25, 0.3) is 0 Å². The molecule has 4 heteroatoms. The van der Waals surface area contributed by atoms with E-state index in [2.05, 4.69) is 139 Å². The van der Waals surface area contributed by atoms with Gasteiger partial charge in [0.1, 0.15) is 0 Å². The minimum atomic E-state index is -3.37. The van der Waals surface area contributed by atoms with Gasteiger partial charge in [-0.3, -0.25) is 0 Å². The summed E-state index contributed by atoms with van der Waals surface area (Å²) in [6.07, 6.45) is 0. The molecular formula is C45H48O2S2. The molecule has 2 nitrogen and oxygen atoms in total. The summed E-state index contributed by atoms with van der Waals surface area (Å²) >= 11 is 1.80. The topological polar surface area (TPSA) is 34.1 Å². The van der Waals surface area contributed by atoms with Crippen molar-refractivity contribution < 1.29 is 8.42 Å². The van der Waals surface area contributed by atoms with Crippen molar-refractivity contribution in [3.63, 3.8) is 0 Å². The van der Waals surface area contributed by atoms with E-state index in [0.717, 1.165) is 11.1 Å². The van der Waals surface area contributed by atoms with Crippen molar-refractivity contribution in [1.29, 1.82) is 0 Å². The summed E-state index contributed by atoms with van der Waals surface area (Å²) in [7, 11) is -3.37. The fourth-order valence-electron chi connectivity index (χ4n) is 5.03. The lowest BCUT2D eigenvalue weighted by molar-refractivity contribution is 0.596. The van der Waals surface area contributed by atoms with E-state index in [4.69, 9.17) is 0 Å². The lowest BCUT2D eigenvalue weighted by Gasteiger charge is -2.26. The number of rotatable bonds is 6. The van der Waals surface area contributed by atoms with E-state index in [1.54, 1.807) is 60.3 Å². The molecule has 0 aromatic heterocycles. The summed E-state index contributed by atoms with van der Waals surface area (Å²) in [4.78, 5) is 3.27. The summed E-state index contributed by atoms with van der Waals surface area (Å²) in [5, 5.41) is 0. The first-order valence-corrected chi connectivity index (χ1v) is 18.9. The van der Waals surface area contributed by atoms with Crippen molar-refractivity contribution in [3.05, 3.63) is 190 Å². The summed E-state index contributed by atoms with van der Waals surface area (Å²) in [5.41, 5.74) is 10.1. The van der Waals surface area contributed by atoms with Crippen LogP contribution in [0, 0.1) is 41.5 Å². The smallest absolute Gasteiger partial charge is 0.206 e. The van der Waals surface area contributed by atoms with Crippen LogP contribution >= 0.6 is 11.8 Å². The molecule has 0 unspecified atom stereocenters. The molecule has 0 bridgehead atoms. The molecule has 0 aliphatic rings. The van der Waals surface area contributed by atoms with E-state index < -0.39 is 9.84 Å². The maximum Gasteiger partial charge on any atom is 0.206 e. The van der Waals surface area contributed by atoms with E-state index in [1.165, 1.54) is 43.2 Å². The van der Waals surface area contributed by atoms with Gasteiger partial charge in [0.15, 0.2) is 0 Å². The van der Waals surface area contributed by atoms with Crippen molar-refractivity contribution in [2.24, 2.45) is 0 Å². The SMILES string of the molecule is Cc1ccc(C(C)(C)c2ccc(C)cc2)cc1.Cc1ccc(S(=O)(=O)c2ccc(C)cc2)cc1.Cc1ccc(Sc2ccc(C)cc2)cc1. The molecule has 0 saturated heterocycles. The Morgan fingerprint density at radius 3 is 0.857 bits per heavy atom. The number of hydrogen-bond acceptors (Lipinski definition) is 3. The van der Waals surface area contributed by atoms with E-state index in [0.29, 0.717) is 9.79 Å². The van der Waals surface area contributed by atoms with Gasteiger partial charge >= 0.3 is 0 Å². The first kappa shape index (κ1) is 37.4. The van der Waals surface area contributed by atoms with Gasteiger partial charge in [0.05, 0.1) is 9.79 Å². The molecule has 0 aliphatic carbocycles. The molecule has 0 saturated carbocycles. The number of hydrogen-bond donors (Lipinski definition) is 0. The van der Waals surface area contributed by atoms with Crippen molar-refractivity contribution >= 4 is 21.6 Å². The Labute approximate surface area is 299 Å². The summed E-state index contributed by atoms with van der Waals surface area (Å²) in [6.45, 7) is 16.9. The number of sulfone groups is 1. The van der Waals surface area contributed by atoms with Crippen LogP contribution in [-0.2, 0) is 15.3 Å². The Morgan fingerprint density at radius 2 is 0.592 bits per heavy atom. The molecule has 0 heterocycles. The van der Waals surface area contributed by atoms with E-state index >= 15 is 0 Å². The Hall–Kier alpha value is -4.38. The van der Waals surface area contributed by atoms with Crippen LogP contribution in [0.25, 0.3) is 0 Å². The highest BCUT2D eigenvalue weighted by molar-refractivity contribution is 7.99. The molecule has 0 radical (unpaired) electrons. The van der Waals surface area contributed by atoms with Gasteiger partial charge in [0, 0.05) is 15.2 Å². The van der Waals surface area contributed by atoms with Crippen LogP contribution < -0.4 is 0 Å². The van der Waals surface area contributed by atoms with Crippen molar-refractivity contribution in [2.75, 3.05) is 0 Å². The summed E-state index contributed by atoms with van der Waals surface area (Å²) in [6, 6.07) is 48.7. The molecule has 0 fully saturated rings. The van der Waals surface area contributed by atoms with Gasteiger partial charge in [-0.2, -0.15) is 0 Å². The van der Waals surface area contributed by atoms with Crippen LogP contribution in [-0.4, -0.2) is 8.42 Å². The number of benzene rings is 6. The van der Waals surface area contributed by atoms with Crippen LogP contribution in [0.4, 0.5) is 0 Å². The highest BCUT2D eigenvalue weighted by Gasteiger charge is 2.22. The van der Waals surface area contributed by atoms with Gasteiger partial charge in [-0.15, -0.1) is 0 Å². The molecule has 0 aliphatic heterocycles. The van der Waals surface area contributed by atoms with Gasteiger partial charge in [0.2, 0.25) is 9.84 Å². The Balaban J connectivity index is 0.000000166. The van der Waals surface area contributed by atoms with E-state index in [9.17, 15) is 8.42 Å². The predicted molar refractivity (Wildman–Crippen MR) is 209 cm³/mol. The molecule has 6 aromatic carbocycles. The zero-order chi connectivity index (χ0) is 35.6. The third kappa shape index (κ3) is 10.8. The van der Waals surface area contributed by atoms with Crippen molar-refractivity contribution in [3.8, 4) is 0 Å². The van der Waals surface area contributed by atoms with Gasteiger partial charge in [-0.05, 0) is 101 Å². The van der Waals surface area contributed by atoms with Gasteiger partial charge < -0.3 is 0 Å². The minimum absolute atomic E-state index is 0.0708. The monoisotopic (exact) mass is 684 g/mol. The van der Waals surface area contributed by atoms with Gasteiger partial charge in [-0.1, -0.05) is 156 Å². The Kier molecular flexibility index (Phi) is 12.9. The van der Waals surface area contributed by atoms with Crippen LogP contribution in [0.1, 0.15) is 58.4 Å². The molecule has 252 valence electrons. The highest BCUT2D eigenvalue weighted by atomic mass is 32.2. The molecule has 49 heavy (non-hydrogen) atoms. The molecular weight excluding hydrogens is 637 g/mol. The zero-order valence-corrected chi connectivity index (χ0v) is 31.6. The maximum atomic E-state index is 12.3. The quantitative estimate of drug-likeness (QED) is 0.175. The predicted octanol–water partition coefficient (Wildman–Crippen LogP) is 12.2. The first-order valence-electron chi connectivity index (χ1n) is 16.6. The van der Waals surface area contributed by atoms with Crippen LogP contribution in [0.15, 0.2) is 165 Å². The number of aryl methyl sites for hydroxylation is 6. The standard InChI is InChI=1S/C17H20.C14H14O2S.C14H14S/c1-13-5-9-15(10-6-13)17(3,4)16-11-7-14(2)8-12-16;1-11-3-7-13(8-4-11)17(15,16)14-9-5-12(2)6-10-14;1-11-3-7-13(8-4-11)15-14-9-5-12(2)6-10-14/h5-12H,1-4H3;3-10H,1-2H3;3-10H,1-2H3. The van der Waals surface area contributed by atoms with Crippen LogP contribution in [0.5, 0.6) is 0 Å². The van der Waals surface area contributed by atoms with E-state index in [-0.39, 0.29) is 5.41 Å². The zero-order valence-electron chi connectivity index (χ0n) is 30.0. The lowest BCUT2D eigenvalue weighted by atomic mass is 9.78. The largest absolute Gasteiger partial charge is 0.219 e. The molecule has 0 amide bonds. The second-order valence-electron chi connectivity index (χ2n) is 13.2. The molecule has 6 aromatic rings. The van der Waals surface area contributed by atoms with Crippen LogP contribution in [0.2, 0.25) is 0 Å². The first-order chi connectivity index (χ1) is 23.2. The third-order valence-corrected chi connectivity index (χ3v) is 11.3. The average Bonchev–Trinajstić information content (AvgIpc) is 3.08. The molecule has 0 spiro atoms. The maximum absolute atomic E-state index is 12.3. The highest BCUT2D eigenvalue weighted by Crippen LogP contribution is 2.32. The lowest BCUT2D eigenvalue weighted by Crippen LogP contribution is -2.18. The average molecular weight is 685 g/mol. The van der Waals surface area contributed by atoms with Crippen molar-refractivity contribution in [2.45, 2.75) is 80.4 Å². The van der Waals surface area contributed by atoms with Crippen molar-refractivity contribution in [1.82, 2.24) is 0 Å². The molecule has 0 N–H and O–H groups in total. The molecule has 0 atom stereocenters. The fourth-order valence-corrected chi connectivity index (χ4v) is 7.10. The van der Waals surface area contributed by atoms with E-state index in [1.807, 2.05) is 13.8 Å². The normalized spacial score (nSPS) is 11.1. The van der Waals surface area contributed by atoms with Gasteiger partial charge in [-0.25, -0.2) is 8.42 Å². The Bertz CT molecular complexity index is 1860. The molecule has 6 rings (SSSR count). The summed E-state index contributed by atoms with van der Waals surface area (Å²) in [5.74, 6) is 0.